The Morgan fingerprint density at radius 3 is 2.43 bits per heavy atom. The molecule has 0 aromatic rings. The summed E-state index contributed by atoms with van der Waals surface area (Å²) in [6, 6.07) is 0. The van der Waals surface area contributed by atoms with Crippen LogP contribution in [0, 0.1) is 57.7 Å². The summed E-state index contributed by atoms with van der Waals surface area (Å²) < 4.78 is 11.8. The van der Waals surface area contributed by atoms with Crippen molar-refractivity contribution in [2.75, 3.05) is 37.7 Å². The first-order valence-electron chi connectivity index (χ1n) is 19.6. The number of amides is 1. The van der Waals surface area contributed by atoms with Gasteiger partial charge in [-0.1, -0.05) is 46.8 Å². The van der Waals surface area contributed by atoms with Gasteiger partial charge in [0.1, 0.15) is 0 Å². The molecule has 49 heavy (non-hydrogen) atoms. The van der Waals surface area contributed by atoms with Crippen molar-refractivity contribution in [3.8, 4) is 0 Å². The van der Waals surface area contributed by atoms with E-state index in [1.807, 2.05) is 0 Å². The van der Waals surface area contributed by atoms with Crippen molar-refractivity contribution in [2.45, 2.75) is 105 Å². The standard InChI is InChI=1S/C41H60N2O5S/c1-25(2)35-33(44)24-41(38(47)42-18-19-43-20-22-49(48)23-21-43)17-14-32-30(36(35)41)10-11-34-39(4)15-12-29(26(3)31(39)13-16-40(32,34)5)27-6-8-28(9-7-27)37(45)46/h6,12,25-26,28,30-32,34H,7-11,13-24H2,1-5H3,(H,42,47)(H,45,46). The summed E-state index contributed by atoms with van der Waals surface area (Å²) in [5.41, 5.74) is 4.78. The number of Topliss-reactive ketones (excluding diaryl/α,β-unsaturated/α-hetero) is 1. The Morgan fingerprint density at radius 2 is 1.76 bits per heavy atom. The first-order valence-corrected chi connectivity index (χ1v) is 21.0. The summed E-state index contributed by atoms with van der Waals surface area (Å²) >= 11 is 0. The third kappa shape index (κ3) is 5.77. The van der Waals surface area contributed by atoms with Crippen LogP contribution in [0.2, 0.25) is 0 Å². The van der Waals surface area contributed by atoms with E-state index >= 15 is 0 Å². The smallest absolute Gasteiger partial charge is 0.306 e. The van der Waals surface area contributed by atoms with Crippen LogP contribution in [-0.4, -0.2) is 69.6 Å². The fourth-order valence-electron chi connectivity index (χ4n) is 13.0. The largest absolute Gasteiger partial charge is 0.481 e. The maximum absolute atomic E-state index is 14.3. The summed E-state index contributed by atoms with van der Waals surface area (Å²) in [6.45, 7) is 14.9. The average molecular weight is 693 g/mol. The third-order valence-electron chi connectivity index (χ3n) is 15.3. The molecule has 7 rings (SSSR count). The van der Waals surface area contributed by atoms with E-state index in [-0.39, 0.29) is 34.4 Å². The highest BCUT2D eigenvalue weighted by Crippen LogP contribution is 2.71. The van der Waals surface area contributed by atoms with Gasteiger partial charge in [0.2, 0.25) is 5.91 Å². The zero-order chi connectivity index (χ0) is 34.9. The first kappa shape index (κ1) is 35.3. The quantitative estimate of drug-likeness (QED) is 0.307. The van der Waals surface area contributed by atoms with Gasteiger partial charge in [0.15, 0.2) is 5.78 Å². The number of carbonyl (C=O) groups excluding carboxylic acids is 2. The number of hydrogen-bond acceptors (Lipinski definition) is 5. The number of carboxylic acid groups (broad SMARTS) is 1. The topological polar surface area (TPSA) is 104 Å². The molecule has 1 heterocycles. The average Bonchev–Trinajstić information content (AvgIpc) is 3.39. The molecule has 2 N–H and O–H groups in total. The SMILES string of the molecule is CC(C)C1=C2C3CCC4C5(C)CC=C(C6=CCC(C(=O)O)CC6)C(C)C5CCC4(C)C3CCC2(C(=O)NCCN2CCS(=O)CC2)CC1=O. The molecule has 8 heteroatoms. The summed E-state index contributed by atoms with van der Waals surface area (Å²) in [6.07, 6.45) is 14.9. The van der Waals surface area contributed by atoms with Gasteiger partial charge in [-0.25, -0.2) is 0 Å². The molecule has 0 aromatic heterocycles. The number of ketones is 1. The molecular formula is C41H60N2O5S. The molecule has 9 unspecified atom stereocenters. The second-order valence-corrected chi connectivity index (χ2v) is 19.5. The zero-order valence-electron chi connectivity index (χ0n) is 30.7. The van der Waals surface area contributed by atoms with Crippen molar-refractivity contribution in [1.29, 1.82) is 0 Å². The summed E-state index contributed by atoms with van der Waals surface area (Å²) in [4.78, 5) is 42.1. The van der Waals surface area contributed by atoms with E-state index < -0.39 is 22.2 Å². The van der Waals surface area contributed by atoms with Crippen molar-refractivity contribution in [3.05, 3.63) is 34.4 Å². The number of carbonyl (C=O) groups is 3. The van der Waals surface area contributed by atoms with Crippen LogP contribution in [0.1, 0.15) is 105 Å². The lowest BCUT2D eigenvalue weighted by Crippen LogP contribution is -2.60. The van der Waals surface area contributed by atoms with Gasteiger partial charge < -0.3 is 10.4 Å². The lowest BCUT2D eigenvalue weighted by Gasteiger charge is -2.66. The van der Waals surface area contributed by atoms with E-state index in [9.17, 15) is 23.7 Å². The molecule has 0 radical (unpaired) electrons. The molecule has 270 valence electrons. The Morgan fingerprint density at radius 1 is 1.02 bits per heavy atom. The van der Waals surface area contributed by atoms with Crippen LogP contribution in [0.3, 0.4) is 0 Å². The predicted octanol–water partition coefficient (Wildman–Crippen LogP) is 6.71. The number of nitrogens with one attached hydrogen (secondary N) is 1. The van der Waals surface area contributed by atoms with E-state index in [0.717, 1.165) is 70.2 Å². The van der Waals surface area contributed by atoms with Crippen molar-refractivity contribution in [2.24, 2.45) is 57.7 Å². The molecule has 6 aliphatic carbocycles. The second kappa shape index (κ2) is 13.2. The molecule has 1 amide bonds. The number of aliphatic carboxylic acids is 1. The number of nitrogens with zero attached hydrogens (tertiary/aromatic N) is 1. The Bertz CT molecular complexity index is 1500. The van der Waals surface area contributed by atoms with E-state index in [1.165, 1.54) is 29.6 Å². The Hall–Kier alpha value is -2.06. The van der Waals surface area contributed by atoms with Gasteiger partial charge in [-0.05, 0) is 133 Å². The highest BCUT2D eigenvalue weighted by atomic mass is 32.2. The maximum atomic E-state index is 14.3. The van der Waals surface area contributed by atoms with Gasteiger partial charge in [0, 0.05) is 54.9 Å². The molecule has 0 bridgehead atoms. The zero-order valence-corrected chi connectivity index (χ0v) is 31.5. The molecule has 0 spiro atoms. The highest BCUT2D eigenvalue weighted by molar-refractivity contribution is 7.85. The molecule has 4 fully saturated rings. The summed E-state index contributed by atoms with van der Waals surface area (Å²) in [7, 11) is -0.713. The summed E-state index contributed by atoms with van der Waals surface area (Å²) in [5.74, 6) is 3.39. The van der Waals surface area contributed by atoms with E-state index in [0.29, 0.717) is 60.5 Å². The van der Waals surface area contributed by atoms with E-state index in [2.05, 4.69) is 57.0 Å². The number of carboxylic acids is 1. The minimum Gasteiger partial charge on any atom is -0.481 e. The third-order valence-corrected chi connectivity index (χ3v) is 16.6. The Balaban J connectivity index is 1.12. The fraction of sp³-hybridized carbons (Fsp3) is 0.780. The fourth-order valence-corrected chi connectivity index (χ4v) is 14.1. The van der Waals surface area contributed by atoms with Crippen molar-refractivity contribution >= 4 is 28.5 Å². The molecule has 7 nitrogen and oxygen atoms in total. The van der Waals surface area contributed by atoms with Crippen LogP contribution in [0.25, 0.3) is 0 Å². The minimum absolute atomic E-state index is 0.0685. The normalized spacial score (nSPS) is 41.3. The van der Waals surface area contributed by atoms with Crippen molar-refractivity contribution in [3.63, 3.8) is 0 Å². The minimum atomic E-state index is -0.713. The molecule has 0 aromatic carbocycles. The molecular weight excluding hydrogens is 633 g/mol. The van der Waals surface area contributed by atoms with Crippen LogP contribution < -0.4 is 5.32 Å². The van der Waals surface area contributed by atoms with Crippen molar-refractivity contribution < 1.29 is 23.7 Å². The van der Waals surface area contributed by atoms with Crippen LogP contribution in [0.5, 0.6) is 0 Å². The van der Waals surface area contributed by atoms with Gasteiger partial charge in [-0.3, -0.25) is 23.5 Å². The van der Waals surface area contributed by atoms with Gasteiger partial charge >= 0.3 is 5.97 Å². The van der Waals surface area contributed by atoms with Crippen LogP contribution in [0.15, 0.2) is 34.4 Å². The number of fused-ring (bicyclic) bond motifs is 7. The van der Waals surface area contributed by atoms with E-state index in [1.54, 1.807) is 0 Å². The molecule has 3 saturated carbocycles. The van der Waals surface area contributed by atoms with Crippen LogP contribution in [0.4, 0.5) is 0 Å². The molecule has 1 aliphatic heterocycles. The lowest BCUT2D eigenvalue weighted by atomic mass is 9.38. The molecule has 7 aliphatic rings. The van der Waals surface area contributed by atoms with Gasteiger partial charge in [-0.15, -0.1) is 0 Å². The second-order valence-electron chi connectivity index (χ2n) is 17.8. The van der Waals surface area contributed by atoms with Crippen molar-refractivity contribution in [1.82, 2.24) is 10.2 Å². The van der Waals surface area contributed by atoms with E-state index in [4.69, 9.17) is 0 Å². The van der Waals surface area contributed by atoms with Crippen LogP contribution in [-0.2, 0) is 25.2 Å². The number of rotatable bonds is 7. The van der Waals surface area contributed by atoms with Gasteiger partial charge in [0.25, 0.3) is 0 Å². The monoisotopic (exact) mass is 692 g/mol. The predicted molar refractivity (Wildman–Crippen MR) is 194 cm³/mol. The summed E-state index contributed by atoms with van der Waals surface area (Å²) in [5, 5.41) is 12.8. The Kier molecular flexibility index (Phi) is 9.50. The van der Waals surface area contributed by atoms with Gasteiger partial charge in [0.05, 0.1) is 11.3 Å². The Labute approximate surface area is 296 Å². The molecule has 1 saturated heterocycles. The number of allylic oxidation sites excluding steroid dienone is 5. The highest BCUT2D eigenvalue weighted by Gasteiger charge is 2.65. The maximum Gasteiger partial charge on any atom is 0.306 e. The lowest BCUT2D eigenvalue weighted by molar-refractivity contribution is -0.153. The molecule has 9 atom stereocenters. The number of hydrogen-bond donors (Lipinski definition) is 2. The van der Waals surface area contributed by atoms with Gasteiger partial charge in [-0.2, -0.15) is 0 Å². The first-order chi connectivity index (χ1) is 23.3. The van der Waals surface area contributed by atoms with Crippen LogP contribution >= 0.6 is 0 Å².